The number of sulfonamides is 1. The Balaban J connectivity index is 1.33. The molecule has 1 aliphatic heterocycles. The third-order valence-corrected chi connectivity index (χ3v) is 9.66. The highest BCUT2D eigenvalue weighted by atomic mass is 32.2. The molecule has 0 fully saturated rings. The van der Waals surface area contributed by atoms with Crippen molar-refractivity contribution in [3.05, 3.63) is 89.7 Å². The van der Waals surface area contributed by atoms with Crippen LogP contribution in [0.2, 0.25) is 0 Å². The van der Waals surface area contributed by atoms with Crippen molar-refractivity contribution in [1.29, 1.82) is 0 Å². The smallest absolute Gasteiger partial charge is 0.251 e. The lowest BCUT2D eigenvalue weighted by Crippen LogP contribution is -2.30. The van der Waals surface area contributed by atoms with Crippen molar-refractivity contribution in [1.82, 2.24) is 24.4 Å². The number of hydrogen-bond donors (Lipinski definition) is 1. The Hall–Kier alpha value is -4.20. The summed E-state index contributed by atoms with van der Waals surface area (Å²) in [6.45, 7) is 3.14. The van der Waals surface area contributed by atoms with Crippen LogP contribution in [-0.2, 0) is 27.8 Å². The number of para-hydroxylation sites is 1. The maximum atomic E-state index is 13.2. The summed E-state index contributed by atoms with van der Waals surface area (Å²) in [6, 6.07) is 21.1. The van der Waals surface area contributed by atoms with Gasteiger partial charge in [0.1, 0.15) is 5.75 Å². The predicted octanol–water partition coefficient (Wildman–Crippen LogP) is 3.53. The van der Waals surface area contributed by atoms with Gasteiger partial charge in [-0.05, 0) is 73.5 Å². The number of hydrogen-bond acceptors (Lipinski definition) is 8. The van der Waals surface area contributed by atoms with E-state index in [1.165, 1.54) is 50.1 Å². The zero-order valence-electron chi connectivity index (χ0n) is 24.1. The number of carbonyl (C=O) groups is 2. The van der Waals surface area contributed by atoms with E-state index in [0.29, 0.717) is 35.4 Å². The summed E-state index contributed by atoms with van der Waals surface area (Å²) in [6.07, 6.45) is 0.826. The van der Waals surface area contributed by atoms with Crippen molar-refractivity contribution in [3.63, 3.8) is 0 Å². The first-order valence-corrected chi connectivity index (χ1v) is 16.1. The topological polar surface area (TPSA) is 127 Å². The van der Waals surface area contributed by atoms with Crippen LogP contribution in [0.15, 0.2) is 82.8 Å². The molecule has 1 aromatic heterocycles. The fourth-order valence-corrected chi connectivity index (χ4v) is 6.43. The fraction of sp³-hybridized carbons (Fsp3) is 0.267. The van der Waals surface area contributed by atoms with Gasteiger partial charge in [-0.1, -0.05) is 30.0 Å². The lowest BCUT2D eigenvalue weighted by molar-refractivity contribution is -0.116. The van der Waals surface area contributed by atoms with Gasteiger partial charge in [0, 0.05) is 37.6 Å². The van der Waals surface area contributed by atoms with Crippen molar-refractivity contribution in [2.24, 2.45) is 0 Å². The molecule has 1 N–H and O–H groups in total. The second-order valence-electron chi connectivity index (χ2n) is 9.87. The normalized spacial score (nSPS) is 12.8. The standard InChI is InChI=1S/C30H32N6O5S2/c1-4-41-24-13-11-23(12-14-24)36-27(19-31-29(38)22-9-15-25(16-10-22)43(39,40)34(2)3)32-33-30(36)42-20-28(37)35-18-17-21-7-5-6-8-26(21)35/h5-16H,4,17-20H2,1-3H3,(H,31,38). The zero-order chi connectivity index (χ0) is 30.6. The molecule has 0 bridgehead atoms. The molecule has 0 aliphatic carbocycles. The van der Waals surface area contributed by atoms with E-state index in [0.717, 1.165) is 27.7 Å². The van der Waals surface area contributed by atoms with Gasteiger partial charge in [-0.25, -0.2) is 12.7 Å². The molecular weight excluding hydrogens is 589 g/mol. The van der Waals surface area contributed by atoms with E-state index in [1.54, 1.807) is 9.47 Å². The third-order valence-electron chi connectivity index (χ3n) is 6.92. The van der Waals surface area contributed by atoms with E-state index in [4.69, 9.17) is 4.74 Å². The molecule has 5 rings (SSSR count). The Morgan fingerprint density at radius 1 is 1.00 bits per heavy atom. The number of fused-ring (bicyclic) bond motifs is 1. The number of carbonyl (C=O) groups excluding carboxylic acids is 2. The third kappa shape index (κ3) is 6.58. The highest BCUT2D eigenvalue weighted by molar-refractivity contribution is 7.99. The molecule has 0 unspecified atom stereocenters. The minimum atomic E-state index is -3.61. The summed E-state index contributed by atoms with van der Waals surface area (Å²) < 4.78 is 33.2. The van der Waals surface area contributed by atoms with Gasteiger partial charge in [0.2, 0.25) is 15.9 Å². The summed E-state index contributed by atoms with van der Waals surface area (Å²) in [4.78, 5) is 28.0. The van der Waals surface area contributed by atoms with Crippen LogP contribution in [0.5, 0.6) is 5.75 Å². The van der Waals surface area contributed by atoms with Gasteiger partial charge in [0.15, 0.2) is 11.0 Å². The van der Waals surface area contributed by atoms with Crippen LogP contribution in [0, 0.1) is 0 Å². The highest BCUT2D eigenvalue weighted by Gasteiger charge is 2.25. The summed E-state index contributed by atoms with van der Waals surface area (Å²) in [5.41, 5.74) is 3.15. The van der Waals surface area contributed by atoms with Gasteiger partial charge >= 0.3 is 0 Å². The van der Waals surface area contributed by atoms with E-state index < -0.39 is 15.9 Å². The molecule has 0 radical (unpaired) electrons. The molecular formula is C30H32N6O5S2. The predicted molar refractivity (Wildman–Crippen MR) is 164 cm³/mol. The zero-order valence-corrected chi connectivity index (χ0v) is 25.7. The molecule has 1 aliphatic rings. The van der Waals surface area contributed by atoms with Crippen molar-refractivity contribution in [3.8, 4) is 11.4 Å². The first-order chi connectivity index (χ1) is 20.7. The lowest BCUT2D eigenvalue weighted by atomic mass is 10.2. The molecule has 0 saturated carbocycles. The summed E-state index contributed by atoms with van der Waals surface area (Å²) in [5.74, 6) is 0.924. The molecule has 0 spiro atoms. The van der Waals surface area contributed by atoms with Gasteiger partial charge in [0.25, 0.3) is 5.91 Å². The van der Waals surface area contributed by atoms with E-state index in [-0.39, 0.29) is 23.1 Å². The number of amides is 2. The largest absolute Gasteiger partial charge is 0.494 e. The van der Waals surface area contributed by atoms with Crippen LogP contribution in [0.3, 0.4) is 0 Å². The monoisotopic (exact) mass is 620 g/mol. The van der Waals surface area contributed by atoms with E-state index in [2.05, 4.69) is 15.5 Å². The summed E-state index contributed by atoms with van der Waals surface area (Å²) in [5, 5.41) is 12.0. The summed E-state index contributed by atoms with van der Waals surface area (Å²) >= 11 is 1.28. The fourth-order valence-electron chi connectivity index (χ4n) is 4.68. The second kappa shape index (κ2) is 13.0. The Kier molecular flexibility index (Phi) is 9.14. The molecule has 2 amide bonds. The molecule has 4 aromatic rings. The first kappa shape index (κ1) is 30.3. The highest BCUT2D eigenvalue weighted by Crippen LogP contribution is 2.30. The number of benzene rings is 3. The molecule has 3 aromatic carbocycles. The molecule has 11 nitrogen and oxygen atoms in total. The summed E-state index contributed by atoms with van der Waals surface area (Å²) in [7, 11) is -0.708. The average molecular weight is 621 g/mol. The Labute approximate surface area is 254 Å². The quantitative estimate of drug-likeness (QED) is 0.253. The van der Waals surface area contributed by atoms with Crippen molar-refractivity contribution < 1.29 is 22.7 Å². The van der Waals surface area contributed by atoms with Gasteiger partial charge in [-0.15, -0.1) is 10.2 Å². The number of nitrogens with one attached hydrogen (secondary N) is 1. The number of ether oxygens (including phenoxy) is 1. The number of aromatic nitrogens is 3. The van der Waals surface area contributed by atoms with Crippen LogP contribution in [-0.4, -0.2) is 72.3 Å². The molecule has 224 valence electrons. The van der Waals surface area contributed by atoms with Crippen molar-refractivity contribution in [2.45, 2.75) is 29.9 Å². The van der Waals surface area contributed by atoms with E-state index in [1.807, 2.05) is 55.5 Å². The van der Waals surface area contributed by atoms with Crippen LogP contribution < -0.4 is 15.0 Å². The van der Waals surface area contributed by atoms with Crippen LogP contribution >= 0.6 is 11.8 Å². The maximum absolute atomic E-state index is 13.2. The Morgan fingerprint density at radius 3 is 2.42 bits per heavy atom. The minimum absolute atomic E-state index is 0.0224. The van der Waals surface area contributed by atoms with E-state index >= 15 is 0 Å². The Bertz CT molecular complexity index is 1720. The average Bonchev–Trinajstić information content (AvgIpc) is 3.63. The number of rotatable bonds is 11. The first-order valence-electron chi connectivity index (χ1n) is 13.7. The number of anilines is 1. The van der Waals surface area contributed by atoms with Crippen LogP contribution in [0.1, 0.15) is 28.7 Å². The van der Waals surface area contributed by atoms with Gasteiger partial charge in [-0.3, -0.25) is 14.2 Å². The lowest BCUT2D eigenvalue weighted by Gasteiger charge is -2.17. The van der Waals surface area contributed by atoms with Crippen LogP contribution in [0.25, 0.3) is 5.69 Å². The number of nitrogens with zero attached hydrogens (tertiary/aromatic N) is 5. The molecule has 13 heteroatoms. The maximum Gasteiger partial charge on any atom is 0.251 e. The van der Waals surface area contributed by atoms with Crippen molar-refractivity contribution >= 4 is 39.3 Å². The molecule has 43 heavy (non-hydrogen) atoms. The van der Waals surface area contributed by atoms with Gasteiger partial charge in [0.05, 0.1) is 23.8 Å². The Morgan fingerprint density at radius 2 is 1.72 bits per heavy atom. The number of thioether (sulfide) groups is 1. The van der Waals surface area contributed by atoms with Gasteiger partial charge < -0.3 is 15.0 Å². The minimum Gasteiger partial charge on any atom is -0.494 e. The molecule has 2 heterocycles. The van der Waals surface area contributed by atoms with Crippen molar-refractivity contribution in [2.75, 3.05) is 37.9 Å². The second-order valence-corrected chi connectivity index (χ2v) is 13.0. The van der Waals surface area contributed by atoms with Gasteiger partial charge in [-0.2, -0.15) is 0 Å². The van der Waals surface area contributed by atoms with E-state index in [9.17, 15) is 18.0 Å². The SMILES string of the molecule is CCOc1ccc(-n2c(CNC(=O)c3ccc(S(=O)(=O)N(C)C)cc3)nnc2SCC(=O)N2CCc3ccccc32)cc1. The molecule has 0 atom stereocenters. The van der Waals surface area contributed by atoms with Crippen LogP contribution in [0.4, 0.5) is 5.69 Å². The molecule has 0 saturated heterocycles.